The summed E-state index contributed by atoms with van der Waals surface area (Å²) in [5.41, 5.74) is 3.95. The summed E-state index contributed by atoms with van der Waals surface area (Å²) in [7, 11) is 0. The van der Waals surface area contributed by atoms with Crippen LogP contribution in [-0.2, 0) is 11.2 Å². The fourth-order valence-electron chi connectivity index (χ4n) is 2.89. The van der Waals surface area contributed by atoms with E-state index < -0.39 is 0 Å². The van der Waals surface area contributed by atoms with Crippen molar-refractivity contribution in [2.75, 3.05) is 5.32 Å². The lowest BCUT2D eigenvalue weighted by Gasteiger charge is -2.06. The third kappa shape index (κ3) is 3.30. The normalized spacial score (nSPS) is 10.9. The molecule has 0 unspecified atom stereocenters. The van der Waals surface area contributed by atoms with Crippen LogP contribution < -0.4 is 5.32 Å². The molecule has 0 aliphatic rings. The minimum atomic E-state index is -0.00213. The van der Waals surface area contributed by atoms with E-state index in [9.17, 15) is 4.79 Å². The highest BCUT2D eigenvalue weighted by Crippen LogP contribution is 2.22. The summed E-state index contributed by atoms with van der Waals surface area (Å²) in [4.78, 5) is 19.3. The number of carbonyl (C=O) groups excluding carboxylic acids is 1. The van der Waals surface area contributed by atoms with Gasteiger partial charge in [0, 0.05) is 34.8 Å². The number of aromatic amines is 1. The van der Waals surface area contributed by atoms with Gasteiger partial charge in [0.1, 0.15) is 0 Å². The Labute approximate surface area is 144 Å². The molecule has 0 bridgehead atoms. The van der Waals surface area contributed by atoms with Crippen molar-refractivity contribution in [2.45, 2.75) is 12.8 Å². The molecule has 2 aromatic carbocycles. The topological polar surface area (TPSA) is 70.9 Å². The molecular formula is C20H17N3O2. The van der Waals surface area contributed by atoms with Gasteiger partial charge >= 0.3 is 0 Å². The van der Waals surface area contributed by atoms with E-state index in [1.165, 1.54) is 11.8 Å². The Kier molecular flexibility index (Phi) is 4.04. The summed E-state index contributed by atoms with van der Waals surface area (Å²) in [6, 6.07) is 15.6. The van der Waals surface area contributed by atoms with Gasteiger partial charge in [-0.3, -0.25) is 4.79 Å². The lowest BCUT2D eigenvalue weighted by atomic mass is 10.1. The third-order valence-corrected chi connectivity index (χ3v) is 4.18. The molecule has 2 aromatic heterocycles. The largest absolute Gasteiger partial charge is 0.444 e. The van der Waals surface area contributed by atoms with Gasteiger partial charge < -0.3 is 14.7 Å². The maximum Gasteiger partial charge on any atom is 0.224 e. The van der Waals surface area contributed by atoms with Crippen LogP contribution in [0.25, 0.3) is 22.2 Å². The smallest absolute Gasteiger partial charge is 0.224 e. The predicted molar refractivity (Wildman–Crippen MR) is 97.2 cm³/mol. The average molecular weight is 331 g/mol. The number of aromatic nitrogens is 2. The number of nitrogens with one attached hydrogen (secondary N) is 2. The molecule has 1 amide bonds. The number of oxazole rings is 1. The van der Waals surface area contributed by atoms with Gasteiger partial charge in [0.2, 0.25) is 5.91 Å². The van der Waals surface area contributed by atoms with E-state index in [-0.39, 0.29) is 5.91 Å². The fraction of sp³-hybridized carbons (Fsp3) is 0.100. The standard InChI is InChI=1S/C20H17N3O2/c24-20(10-7-15-11-22-18-4-2-1-3-17(15)18)23-16-8-5-14(6-9-16)19-12-21-13-25-19/h1-6,8-9,11-13,22H,7,10H2,(H,23,24). The van der Waals surface area contributed by atoms with Gasteiger partial charge in [-0.15, -0.1) is 0 Å². The summed E-state index contributed by atoms with van der Waals surface area (Å²) in [5.74, 6) is 0.704. The number of hydrogen-bond donors (Lipinski definition) is 2. The van der Waals surface area contributed by atoms with Gasteiger partial charge in [-0.05, 0) is 42.3 Å². The number of rotatable bonds is 5. The third-order valence-electron chi connectivity index (χ3n) is 4.18. The number of fused-ring (bicyclic) bond motifs is 1. The first-order chi connectivity index (χ1) is 12.3. The summed E-state index contributed by atoms with van der Waals surface area (Å²) in [6.45, 7) is 0. The van der Waals surface area contributed by atoms with E-state index in [1.54, 1.807) is 6.20 Å². The molecular weight excluding hydrogens is 314 g/mol. The van der Waals surface area contributed by atoms with E-state index in [4.69, 9.17) is 4.42 Å². The van der Waals surface area contributed by atoms with E-state index in [0.717, 1.165) is 22.3 Å². The molecule has 5 nitrogen and oxygen atoms in total. The first kappa shape index (κ1) is 15.2. The van der Waals surface area contributed by atoms with Crippen LogP contribution in [0.5, 0.6) is 0 Å². The van der Waals surface area contributed by atoms with Gasteiger partial charge in [0.25, 0.3) is 0 Å². The Morgan fingerprint density at radius 2 is 1.96 bits per heavy atom. The van der Waals surface area contributed by atoms with Crippen molar-refractivity contribution in [3.63, 3.8) is 0 Å². The van der Waals surface area contributed by atoms with Crippen LogP contribution in [-0.4, -0.2) is 15.9 Å². The molecule has 0 saturated carbocycles. The first-order valence-electron chi connectivity index (χ1n) is 8.13. The maximum atomic E-state index is 12.2. The number of anilines is 1. The predicted octanol–water partition coefficient (Wildman–Crippen LogP) is 4.39. The van der Waals surface area contributed by atoms with E-state index >= 15 is 0 Å². The quantitative estimate of drug-likeness (QED) is 0.569. The summed E-state index contributed by atoms with van der Waals surface area (Å²) in [5, 5.41) is 4.10. The molecule has 0 fully saturated rings. The number of benzene rings is 2. The number of H-pyrrole nitrogens is 1. The van der Waals surface area contributed by atoms with Crippen molar-refractivity contribution in [3.05, 3.63) is 72.9 Å². The molecule has 25 heavy (non-hydrogen) atoms. The highest BCUT2D eigenvalue weighted by Gasteiger charge is 2.08. The SMILES string of the molecule is O=C(CCc1c[nH]c2ccccc12)Nc1ccc(-c2cnco2)cc1. The first-order valence-corrected chi connectivity index (χ1v) is 8.13. The number of para-hydroxylation sites is 1. The van der Waals surface area contributed by atoms with Gasteiger partial charge in [0.15, 0.2) is 12.2 Å². The van der Waals surface area contributed by atoms with Gasteiger partial charge in [0.05, 0.1) is 6.20 Å². The van der Waals surface area contributed by atoms with Crippen LogP contribution in [0, 0.1) is 0 Å². The monoisotopic (exact) mass is 331 g/mol. The van der Waals surface area contributed by atoms with Crippen LogP contribution in [0.15, 0.2) is 71.7 Å². The van der Waals surface area contributed by atoms with Crippen LogP contribution in [0.3, 0.4) is 0 Å². The minimum Gasteiger partial charge on any atom is -0.444 e. The summed E-state index contributed by atoms with van der Waals surface area (Å²) < 4.78 is 5.25. The highest BCUT2D eigenvalue weighted by atomic mass is 16.3. The molecule has 4 rings (SSSR count). The second kappa shape index (κ2) is 6.65. The lowest BCUT2D eigenvalue weighted by Crippen LogP contribution is -2.12. The number of carbonyl (C=O) groups is 1. The van der Waals surface area contributed by atoms with Crippen LogP contribution in [0.1, 0.15) is 12.0 Å². The maximum absolute atomic E-state index is 12.2. The lowest BCUT2D eigenvalue weighted by molar-refractivity contribution is -0.116. The van der Waals surface area contributed by atoms with Crippen LogP contribution >= 0.6 is 0 Å². The fourth-order valence-corrected chi connectivity index (χ4v) is 2.89. The zero-order valence-electron chi connectivity index (χ0n) is 13.5. The molecule has 0 aliphatic heterocycles. The Balaban J connectivity index is 1.37. The number of nitrogens with zero attached hydrogens (tertiary/aromatic N) is 1. The minimum absolute atomic E-state index is 0.00213. The van der Waals surface area contributed by atoms with Crippen molar-refractivity contribution in [1.29, 1.82) is 0 Å². The van der Waals surface area contributed by atoms with Crippen molar-refractivity contribution >= 4 is 22.5 Å². The molecule has 2 heterocycles. The Bertz CT molecular complexity index is 985. The van der Waals surface area contributed by atoms with Crippen molar-refractivity contribution in [3.8, 4) is 11.3 Å². The van der Waals surface area contributed by atoms with E-state index in [1.807, 2.05) is 48.7 Å². The van der Waals surface area contributed by atoms with Crippen LogP contribution in [0.4, 0.5) is 5.69 Å². The molecule has 0 aliphatic carbocycles. The van der Waals surface area contributed by atoms with E-state index in [2.05, 4.69) is 21.4 Å². The van der Waals surface area contributed by atoms with Crippen molar-refractivity contribution < 1.29 is 9.21 Å². The van der Waals surface area contributed by atoms with Gasteiger partial charge in [-0.1, -0.05) is 18.2 Å². The number of amides is 1. The molecule has 0 atom stereocenters. The van der Waals surface area contributed by atoms with Crippen LogP contribution in [0.2, 0.25) is 0 Å². The number of hydrogen-bond acceptors (Lipinski definition) is 3. The molecule has 4 aromatic rings. The molecule has 0 saturated heterocycles. The zero-order chi connectivity index (χ0) is 17.1. The van der Waals surface area contributed by atoms with Gasteiger partial charge in [-0.2, -0.15) is 0 Å². The number of aryl methyl sites for hydroxylation is 1. The average Bonchev–Trinajstić information content (AvgIpc) is 3.31. The molecule has 124 valence electrons. The summed E-state index contributed by atoms with van der Waals surface area (Å²) >= 11 is 0. The second-order valence-corrected chi connectivity index (χ2v) is 5.85. The Hall–Kier alpha value is -3.34. The Morgan fingerprint density at radius 1 is 1.12 bits per heavy atom. The van der Waals surface area contributed by atoms with E-state index in [0.29, 0.717) is 18.6 Å². The zero-order valence-corrected chi connectivity index (χ0v) is 13.5. The summed E-state index contributed by atoms with van der Waals surface area (Å²) in [6.07, 6.45) is 6.17. The molecule has 0 radical (unpaired) electrons. The van der Waals surface area contributed by atoms with Crippen molar-refractivity contribution in [2.24, 2.45) is 0 Å². The molecule has 2 N–H and O–H groups in total. The molecule has 0 spiro atoms. The Morgan fingerprint density at radius 3 is 2.76 bits per heavy atom. The molecule has 5 heteroatoms. The highest BCUT2D eigenvalue weighted by molar-refractivity contribution is 5.91. The van der Waals surface area contributed by atoms with Gasteiger partial charge in [-0.25, -0.2) is 4.98 Å². The second-order valence-electron chi connectivity index (χ2n) is 5.85. The van der Waals surface area contributed by atoms with Crippen molar-refractivity contribution in [1.82, 2.24) is 9.97 Å².